The van der Waals surface area contributed by atoms with Gasteiger partial charge in [0.05, 0.1) is 23.4 Å². The van der Waals surface area contributed by atoms with Gasteiger partial charge in [0.25, 0.3) is 0 Å². The predicted molar refractivity (Wildman–Crippen MR) is 93.0 cm³/mol. The van der Waals surface area contributed by atoms with E-state index in [0.29, 0.717) is 19.8 Å². The lowest BCUT2D eigenvalue weighted by molar-refractivity contribution is -0.139. The van der Waals surface area contributed by atoms with Crippen LogP contribution >= 0.6 is 15.9 Å². The van der Waals surface area contributed by atoms with E-state index >= 15 is 0 Å². The first-order valence-electron chi connectivity index (χ1n) is 7.75. The number of benzene rings is 1. The molecule has 0 unspecified atom stereocenters. The fraction of sp³-hybridized carbons (Fsp3) is 0.438. The Hall–Kier alpha value is -1.93. The lowest BCUT2D eigenvalue weighted by Crippen LogP contribution is -2.41. The second-order valence-corrected chi connectivity index (χ2v) is 6.02. The van der Waals surface area contributed by atoms with Crippen molar-refractivity contribution in [1.29, 1.82) is 0 Å². The summed E-state index contributed by atoms with van der Waals surface area (Å²) in [5, 5.41) is 6.31. The number of nitrogens with one attached hydrogen (secondary N) is 2. The van der Waals surface area contributed by atoms with Gasteiger partial charge in [-0.05, 0) is 59.5 Å². The van der Waals surface area contributed by atoms with Gasteiger partial charge in [0.1, 0.15) is 5.75 Å². The van der Waals surface area contributed by atoms with E-state index in [1.54, 1.807) is 18.2 Å². The van der Waals surface area contributed by atoms with Gasteiger partial charge in [-0.3, -0.25) is 9.59 Å². The number of halogens is 1. The lowest BCUT2D eigenvalue weighted by Gasteiger charge is -2.09. The smallest absolute Gasteiger partial charge is 0.329 e. The number of rotatable bonds is 6. The zero-order valence-electron chi connectivity index (χ0n) is 13.4. The second kappa shape index (κ2) is 9.39. The van der Waals surface area contributed by atoms with E-state index in [0.717, 1.165) is 28.6 Å². The first-order valence-corrected chi connectivity index (χ1v) is 8.54. The van der Waals surface area contributed by atoms with Crippen LogP contribution in [0.5, 0.6) is 5.75 Å². The molecule has 8 heteroatoms. The molecule has 1 aromatic carbocycles. The van der Waals surface area contributed by atoms with E-state index in [-0.39, 0.29) is 6.10 Å². The van der Waals surface area contributed by atoms with Crippen LogP contribution in [0.25, 0.3) is 0 Å². The van der Waals surface area contributed by atoms with Crippen LogP contribution in [0.15, 0.2) is 27.8 Å². The number of hydrazone groups is 1. The van der Waals surface area contributed by atoms with Crippen LogP contribution < -0.4 is 15.5 Å². The summed E-state index contributed by atoms with van der Waals surface area (Å²) in [6, 6.07) is 5.39. The van der Waals surface area contributed by atoms with Gasteiger partial charge in [-0.1, -0.05) is 0 Å². The third-order valence-corrected chi connectivity index (χ3v) is 3.98. The summed E-state index contributed by atoms with van der Waals surface area (Å²) in [5.74, 6) is -0.808. The highest BCUT2D eigenvalue weighted by atomic mass is 79.9. The Labute approximate surface area is 148 Å². The van der Waals surface area contributed by atoms with Crippen LogP contribution in [0, 0.1) is 0 Å². The number of hydrogen-bond acceptors (Lipinski definition) is 5. The average molecular weight is 398 g/mol. The highest BCUT2D eigenvalue weighted by Crippen LogP contribution is 2.25. The van der Waals surface area contributed by atoms with Crippen molar-refractivity contribution >= 4 is 34.0 Å². The second-order valence-electron chi connectivity index (χ2n) is 5.17. The highest BCUT2D eigenvalue weighted by molar-refractivity contribution is 9.10. The Morgan fingerprint density at radius 3 is 2.96 bits per heavy atom. The van der Waals surface area contributed by atoms with Crippen molar-refractivity contribution in [2.75, 3.05) is 19.8 Å². The maximum atomic E-state index is 11.6. The summed E-state index contributed by atoms with van der Waals surface area (Å²) in [6.07, 6.45) is 3.32. The average Bonchev–Trinajstić information content (AvgIpc) is 3.08. The summed E-state index contributed by atoms with van der Waals surface area (Å²) in [7, 11) is 0. The van der Waals surface area contributed by atoms with Crippen LogP contribution in [0.3, 0.4) is 0 Å². The first kappa shape index (κ1) is 18.4. The molecule has 2 rings (SSSR count). The van der Waals surface area contributed by atoms with Crippen molar-refractivity contribution in [1.82, 2.24) is 10.7 Å². The van der Waals surface area contributed by atoms with E-state index < -0.39 is 11.8 Å². The number of carbonyl (C=O) groups excluding carboxylic acids is 2. The monoisotopic (exact) mass is 397 g/mol. The van der Waals surface area contributed by atoms with E-state index in [2.05, 4.69) is 31.8 Å². The van der Waals surface area contributed by atoms with Crippen molar-refractivity contribution in [3.8, 4) is 5.75 Å². The molecule has 2 N–H and O–H groups in total. The Bertz CT molecular complexity index is 615. The van der Waals surface area contributed by atoms with Crippen LogP contribution in [0.1, 0.15) is 25.3 Å². The number of hydrogen-bond donors (Lipinski definition) is 2. The quantitative estimate of drug-likeness (QED) is 0.433. The topological polar surface area (TPSA) is 89.0 Å². The van der Waals surface area contributed by atoms with Gasteiger partial charge in [-0.15, -0.1) is 0 Å². The lowest BCUT2D eigenvalue weighted by atomic mass is 10.2. The summed E-state index contributed by atoms with van der Waals surface area (Å²) in [4.78, 5) is 23.3. The fourth-order valence-corrected chi connectivity index (χ4v) is 2.69. The van der Waals surface area contributed by atoms with E-state index in [1.165, 1.54) is 6.21 Å². The maximum absolute atomic E-state index is 11.6. The predicted octanol–water partition coefficient (Wildman–Crippen LogP) is 1.59. The van der Waals surface area contributed by atoms with Crippen molar-refractivity contribution in [3.63, 3.8) is 0 Å². The zero-order chi connectivity index (χ0) is 17.4. The third-order valence-electron chi connectivity index (χ3n) is 3.36. The van der Waals surface area contributed by atoms with Crippen LogP contribution in [-0.2, 0) is 14.3 Å². The van der Waals surface area contributed by atoms with Crippen molar-refractivity contribution in [3.05, 3.63) is 28.2 Å². The molecule has 7 nitrogen and oxygen atoms in total. The Morgan fingerprint density at radius 1 is 1.46 bits per heavy atom. The van der Waals surface area contributed by atoms with Gasteiger partial charge >= 0.3 is 11.8 Å². The third kappa shape index (κ3) is 5.61. The molecule has 1 aromatic rings. The number of carbonyl (C=O) groups is 2. The van der Waals surface area contributed by atoms with Gasteiger partial charge in [-0.2, -0.15) is 5.10 Å². The molecule has 1 fully saturated rings. The van der Waals surface area contributed by atoms with Gasteiger partial charge in [0, 0.05) is 13.2 Å². The van der Waals surface area contributed by atoms with Gasteiger partial charge in [0.15, 0.2) is 0 Å². The Balaban J connectivity index is 1.78. The SMILES string of the molecule is CCOc1ccc(/C=N\NC(=O)C(=O)NC[C@@H]2CCCO2)cc1Br. The van der Waals surface area contributed by atoms with Crippen molar-refractivity contribution in [2.45, 2.75) is 25.9 Å². The summed E-state index contributed by atoms with van der Waals surface area (Å²) >= 11 is 3.39. The molecule has 1 aliphatic rings. The molecular formula is C16H20BrN3O4. The van der Waals surface area contributed by atoms with E-state index in [9.17, 15) is 9.59 Å². The molecule has 1 saturated heterocycles. The Morgan fingerprint density at radius 2 is 2.29 bits per heavy atom. The fourth-order valence-electron chi connectivity index (χ4n) is 2.18. The zero-order valence-corrected chi connectivity index (χ0v) is 15.0. The van der Waals surface area contributed by atoms with Gasteiger partial charge in [0.2, 0.25) is 0 Å². The van der Waals surface area contributed by atoms with Gasteiger partial charge < -0.3 is 14.8 Å². The first-order chi connectivity index (χ1) is 11.6. The molecule has 0 spiro atoms. The van der Waals surface area contributed by atoms with Crippen molar-refractivity contribution < 1.29 is 19.1 Å². The van der Waals surface area contributed by atoms with Crippen LogP contribution in [0.4, 0.5) is 0 Å². The van der Waals surface area contributed by atoms with Gasteiger partial charge in [-0.25, -0.2) is 5.43 Å². The molecule has 24 heavy (non-hydrogen) atoms. The molecular weight excluding hydrogens is 378 g/mol. The van der Waals surface area contributed by atoms with E-state index in [1.807, 2.05) is 6.92 Å². The summed E-state index contributed by atoms with van der Waals surface area (Å²) in [6.45, 7) is 3.51. The number of ether oxygens (including phenoxy) is 2. The standard InChI is InChI=1S/C16H20BrN3O4/c1-2-23-14-6-5-11(8-13(14)17)9-19-20-16(22)15(21)18-10-12-4-3-7-24-12/h5-6,8-9,12H,2-4,7,10H2,1H3,(H,18,21)(H,20,22)/b19-9-/t12-/m0/s1. The molecule has 130 valence electrons. The molecule has 0 bridgehead atoms. The molecule has 0 saturated carbocycles. The number of amides is 2. The largest absolute Gasteiger partial charge is 0.493 e. The highest BCUT2D eigenvalue weighted by Gasteiger charge is 2.18. The summed E-state index contributed by atoms with van der Waals surface area (Å²) in [5.41, 5.74) is 2.95. The molecule has 0 aliphatic carbocycles. The normalized spacial score (nSPS) is 17.0. The number of nitrogens with zero attached hydrogens (tertiary/aromatic N) is 1. The van der Waals surface area contributed by atoms with Crippen LogP contribution in [-0.4, -0.2) is 43.9 Å². The molecule has 1 atom stereocenters. The minimum Gasteiger partial charge on any atom is -0.493 e. The van der Waals surface area contributed by atoms with Crippen molar-refractivity contribution in [2.24, 2.45) is 5.10 Å². The summed E-state index contributed by atoms with van der Waals surface area (Å²) < 4.78 is 11.6. The molecule has 1 aliphatic heterocycles. The van der Waals surface area contributed by atoms with E-state index in [4.69, 9.17) is 9.47 Å². The van der Waals surface area contributed by atoms with Crippen LogP contribution in [0.2, 0.25) is 0 Å². The molecule has 2 amide bonds. The minimum atomic E-state index is -0.811. The maximum Gasteiger partial charge on any atom is 0.329 e. The Kier molecular flexibility index (Phi) is 7.20. The molecule has 1 heterocycles. The molecule has 0 aromatic heterocycles. The minimum absolute atomic E-state index is 0.00791. The molecule has 0 radical (unpaired) electrons.